The largest absolute Gasteiger partial charge is 0.481 e. The first-order valence-corrected chi connectivity index (χ1v) is 5.41. The van der Waals surface area contributed by atoms with Crippen LogP contribution in [0.4, 0.5) is 5.69 Å². The normalized spacial score (nSPS) is 12.2. The van der Waals surface area contributed by atoms with Crippen LogP contribution in [0.1, 0.15) is 13.3 Å². The van der Waals surface area contributed by atoms with Crippen molar-refractivity contribution in [1.29, 1.82) is 0 Å². The van der Waals surface area contributed by atoms with Crippen LogP contribution in [0, 0.1) is 5.92 Å². The minimum absolute atomic E-state index is 0.215. The lowest BCUT2D eigenvalue weighted by Gasteiger charge is -2.09. The van der Waals surface area contributed by atoms with E-state index in [0.717, 1.165) is 0 Å². The van der Waals surface area contributed by atoms with Gasteiger partial charge in [0.25, 0.3) is 0 Å². The van der Waals surface area contributed by atoms with E-state index in [9.17, 15) is 4.79 Å². The summed E-state index contributed by atoms with van der Waals surface area (Å²) in [5.74, 6) is -1.23. The second kappa shape index (κ2) is 5.86. The van der Waals surface area contributed by atoms with Gasteiger partial charge in [0.2, 0.25) is 0 Å². The molecule has 88 valence electrons. The van der Waals surface area contributed by atoms with Crippen LogP contribution in [0.5, 0.6) is 0 Å². The van der Waals surface area contributed by atoms with E-state index in [1.54, 1.807) is 13.0 Å². The first-order chi connectivity index (χ1) is 7.50. The molecule has 0 radical (unpaired) electrons. The van der Waals surface area contributed by atoms with Gasteiger partial charge in [-0.1, -0.05) is 30.1 Å². The molecule has 1 rings (SSSR count). The van der Waals surface area contributed by atoms with Crippen LogP contribution in [0.3, 0.4) is 0 Å². The predicted octanol–water partition coefficient (Wildman–Crippen LogP) is 2.31. The standard InChI is InChI=1S/C9H11Cl2N3O2/c1-5(9(15)16)2-3-12-6-4-7(10)13-14-8(6)11/h4-5H,2-3H2,1H3,(H,12,13)(H,15,16). The molecule has 0 saturated heterocycles. The Labute approximate surface area is 103 Å². The number of aliphatic carboxylic acids is 1. The SMILES string of the molecule is CC(CCNc1cc(Cl)nnc1Cl)C(=O)O. The summed E-state index contributed by atoms with van der Waals surface area (Å²) in [6.45, 7) is 2.12. The highest BCUT2D eigenvalue weighted by Crippen LogP contribution is 2.20. The molecule has 0 aliphatic carbocycles. The second-order valence-electron chi connectivity index (χ2n) is 3.33. The molecule has 1 aromatic heterocycles. The summed E-state index contributed by atoms with van der Waals surface area (Å²) in [7, 11) is 0. The van der Waals surface area contributed by atoms with E-state index >= 15 is 0 Å². The quantitative estimate of drug-likeness (QED) is 0.853. The summed E-state index contributed by atoms with van der Waals surface area (Å²) < 4.78 is 0. The van der Waals surface area contributed by atoms with Crippen molar-refractivity contribution in [3.05, 3.63) is 16.4 Å². The van der Waals surface area contributed by atoms with Crippen LogP contribution in [-0.4, -0.2) is 27.8 Å². The molecule has 0 saturated carbocycles. The van der Waals surface area contributed by atoms with Crippen LogP contribution in [0.25, 0.3) is 0 Å². The van der Waals surface area contributed by atoms with Crippen LogP contribution in [0.15, 0.2) is 6.07 Å². The van der Waals surface area contributed by atoms with Crippen molar-refractivity contribution < 1.29 is 9.90 Å². The van der Waals surface area contributed by atoms with Gasteiger partial charge in [-0.05, 0) is 6.42 Å². The lowest BCUT2D eigenvalue weighted by atomic mass is 10.1. The minimum Gasteiger partial charge on any atom is -0.481 e. The predicted molar refractivity (Wildman–Crippen MR) is 62.0 cm³/mol. The van der Waals surface area contributed by atoms with Gasteiger partial charge in [0, 0.05) is 12.6 Å². The molecule has 0 amide bonds. The lowest BCUT2D eigenvalue weighted by molar-refractivity contribution is -0.141. The summed E-state index contributed by atoms with van der Waals surface area (Å²) in [5, 5.41) is 19.3. The second-order valence-corrected chi connectivity index (χ2v) is 4.07. The highest BCUT2D eigenvalue weighted by atomic mass is 35.5. The Morgan fingerprint density at radius 1 is 1.56 bits per heavy atom. The number of carbonyl (C=O) groups is 1. The third-order valence-corrected chi connectivity index (χ3v) is 2.50. The molecule has 0 aromatic carbocycles. The number of carboxylic acids is 1. The Balaban J connectivity index is 2.48. The molecule has 2 N–H and O–H groups in total. The molecular weight excluding hydrogens is 253 g/mol. The lowest BCUT2D eigenvalue weighted by Crippen LogP contribution is -2.14. The summed E-state index contributed by atoms with van der Waals surface area (Å²) in [6.07, 6.45) is 0.492. The summed E-state index contributed by atoms with van der Waals surface area (Å²) >= 11 is 11.4. The van der Waals surface area contributed by atoms with E-state index in [0.29, 0.717) is 18.7 Å². The van der Waals surface area contributed by atoms with Crippen molar-refractivity contribution >= 4 is 34.9 Å². The number of hydrogen-bond acceptors (Lipinski definition) is 4. The zero-order valence-electron chi connectivity index (χ0n) is 8.57. The van der Waals surface area contributed by atoms with Crippen molar-refractivity contribution in [1.82, 2.24) is 10.2 Å². The Morgan fingerprint density at radius 3 is 2.88 bits per heavy atom. The van der Waals surface area contributed by atoms with Gasteiger partial charge in [0.1, 0.15) is 0 Å². The van der Waals surface area contributed by atoms with Gasteiger partial charge >= 0.3 is 5.97 Å². The molecule has 0 bridgehead atoms. The average molecular weight is 264 g/mol. The van der Waals surface area contributed by atoms with Gasteiger partial charge in [0.15, 0.2) is 10.3 Å². The Kier molecular flexibility index (Phi) is 4.76. The molecule has 1 heterocycles. The molecule has 0 aliphatic rings. The van der Waals surface area contributed by atoms with Gasteiger partial charge in [-0.15, -0.1) is 10.2 Å². The number of nitrogens with one attached hydrogen (secondary N) is 1. The number of rotatable bonds is 5. The van der Waals surface area contributed by atoms with Gasteiger partial charge < -0.3 is 10.4 Å². The molecule has 0 aliphatic heterocycles. The molecule has 5 nitrogen and oxygen atoms in total. The van der Waals surface area contributed by atoms with Gasteiger partial charge in [-0.3, -0.25) is 4.79 Å². The first-order valence-electron chi connectivity index (χ1n) is 4.66. The Hall–Kier alpha value is -1.07. The number of carboxylic acid groups (broad SMARTS) is 1. The van der Waals surface area contributed by atoms with Crippen LogP contribution >= 0.6 is 23.2 Å². The van der Waals surface area contributed by atoms with Crippen molar-refractivity contribution in [2.24, 2.45) is 5.92 Å². The maximum Gasteiger partial charge on any atom is 0.306 e. The monoisotopic (exact) mass is 263 g/mol. The maximum atomic E-state index is 10.6. The fraction of sp³-hybridized carbons (Fsp3) is 0.444. The third kappa shape index (κ3) is 3.83. The fourth-order valence-corrected chi connectivity index (χ4v) is 1.33. The van der Waals surface area contributed by atoms with Crippen LogP contribution < -0.4 is 5.32 Å². The van der Waals surface area contributed by atoms with E-state index in [4.69, 9.17) is 28.3 Å². The van der Waals surface area contributed by atoms with Crippen molar-refractivity contribution in [2.75, 3.05) is 11.9 Å². The first kappa shape index (κ1) is 13.0. The Morgan fingerprint density at radius 2 is 2.25 bits per heavy atom. The minimum atomic E-state index is -0.821. The maximum absolute atomic E-state index is 10.6. The van der Waals surface area contributed by atoms with Crippen molar-refractivity contribution in [3.63, 3.8) is 0 Å². The van der Waals surface area contributed by atoms with E-state index < -0.39 is 11.9 Å². The number of nitrogens with zero attached hydrogens (tertiary/aromatic N) is 2. The van der Waals surface area contributed by atoms with E-state index in [2.05, 4.69) is 15.5 Å². The van der Waals surface area contributed by atoms with Crippen molar-refractivity contribution in [3.8, 4) is 0 Å². The highest BCUT2D eigenvalue weighted by Gasteiger charge is 2.10. The molecule has 7 heteroatoms. The molecule has 1 aromatic rings. The molecular formula is C9H11Cl2N3O2. The molecule has 1 atom stereocenters. The van der Waals surface area contributed by atoms with Gasteiger partial charge in [-0.25, -0.2) is 0 Å². The van der Waals surface area contributed by atoms with E-state index in [1.165, 1.54) is 0 Å². The van der Waals surface area contributed by atoms with Crippen LogP contribution in [0.2, 0.25) is 10.3 Å². The average Bonchev–Trinajstić information content (AvgIpc) is 2.22. The molecule has 0 spiro atoms. The smallest absolute Gasteiger partial charge is 0.306 e. The zero-order chi connectivity index (χ0) is 12.1. The number of aromatic nitrogens is 2. The number of hydrogen-bond donors (Lipinski definition) is 2. The fourth-order valence-electron chi connectivity index (χ4n) is 1.02. The summed E-state index contributed by atoms with van der Waals surface area (Å²) in [4.78, 5) is 10.6. The van der Waals surface area contributed by atoms with Gasteiger partial charge in [-0.2, -0.15) is 0 Å². The summed E-state index contributed by atoms with van der Waals surface area (Å²) in [6, 6.07) is 1.54. The van der Waals surface area contributed by atoms with E-state index in [1.807, 2.05) is 0 Å². The molecule has 16 heavy (non-hydrogen) atoms. The highest BCUT2D eigenvalue weighted by molar-refractivity contribution is 6.33. The van der Waals surface area contributed by atoms with E-state index in [-0.39, 0.29) is 10.3 Å². The number of anilines is 1. The van der Waals surface area contributed by atoms with Crippen LogP contribution in [-0.2, 0) is 4.79 Å². The summed E-state index contributed by atoms with van der Waals surface area (Å²) in [5.41, 5.74) is 0.555. The number of halogens is 2. The molecule has 0 fully saturated rings. The molecule has 1 unspecified atom stereocenters. The van der Waals surface area contributed by atoms with Gasteiger partial charge in [0.05, 0.1) is 11.6 Å². The topological polar surface area (TPSA) is 75.1 Å². The van der Waals surface area contributed by atoms with Crippen molar-refractivity contribution in [2.45, 2.75) is 13.3 Å². The Bertz CT molecular complexity index is 387. The third-order valence-electron chi connectivity index (χ3n) is 2.03. The zero-order valence-corrected chi connectivity index (χ0v) is 10.1.